The highest BCUT2D eigenvalue weighted by atomic mass is 19.1. The average molecular weight is 237 g/mol. The van der Waals surface area contributed by atoms with Gasteiger partial charge in [0.1, 0.15) is 5.82 Å². The van der Waals surface area contributed by atoms with Gasteiger partial charge in [-0.05, 0) is 30.5 Å². The Kier molecular flexibility index (Phi) is 3.43. The number of carbonyl (C=O) groups is 1. The second-order valence-corrected chi connectivity index (χ2v) is 4.34. The molecule has 1 amide bonds. The number of hydrogen-bond donors (Lipinski definition) is 1. The molecule has 1 aliphatic rings. The van der Waals surface area contributed by atoms with E-state index in [-0.39, 0.29) is 11.7 Å². The lowest BCUT2D eigenvalue weighted by Gasteiger charge is -2.15. The van der Waals surface area contributed by atoms with Crippen molar-refractivity contribution in [2.24, 2.45) is 0 Å². The van der Waals surface area contributed by atoms with Crippen molar-refractivity contribution in [3.05, 3.63) is 35.6 Å². The monoisotopic (exact) mass is 237 g/mol. The van der Waals surface area contributed by atoms with Crippen molar-refractivity contribution >= 4 is 5.91 Å². The maximum absolute atomic E-state index is 12.8. The maximum Gasteiger partial charge on any atom is 0.230 e. The molecule has 0 saturated heterocycles. The zero-order valence-corrected chi connectivity index (χ0v) is 9.83. The summed E-state index contributed by atoms with van der Waals surface area (Å²) in [4.78, 5) is 12.0. The van der Waals surface area contributed by atoms with Gasteiger partial charge in [-0.1, -0.05) is 12.1 Å². The van der Waals surface area contributed by atoms with Crippen LogP contribution in [0.2, 0.25) is 0 Å². The van der Waals surface area contributed by atoms with Crippen LogP contribution < -0.4 is 5.32 Å². The summed E-state index contributed by atoms with van der Waals surface area (Å²) >= 11 is 0. The number of amides is 1. The van der Waals surface area contributed by atoms with Crippen molar-refractivity contribution in [2.75, 3.05) is 20.3 Å². The van der Waals surface area contributed by atoms with Crippen molar-refractivity contribution in [2.45, 2.75) is 18.3 Å². The molecule has 4 heteroatoms. The van der Waals surface area contributed by atoms with Gasteiger partial charge in [0.15, 0.2) is 0 Å². The lowest BCUT2D eigenvalue weighted by molar-refractivity contribution is -0.123. The molecule has 1 N–H and O–H groups in total. The summed E-state index contributed by atoms with van der Waals surface area (Å²) < 4.78 is 17.7. The van der Waals surface area contributed by atoms with Gasteiger partial charge in [0.2, 0.25) is 5.91 Å². The highest BCUT2D eigenvalue weighted by Crippen LogP contribution is 2.48. The van der Waals surface area contributed by atoms with E-state index in [2.05, 4.69) is 5.32 Å². The Bertz CT molecular complexity index is 398. The highest BCUT2D eigenvalue weighted by molar-refractivity contribution is 5.91. The van der Waals surface area contributed by atoms with Crippen LogP contribution in [0.15, 0.2) is 24.3 Å². The van der Waals surface area contributed by atoms with Crippen molar-refractivity contribution in [3.8, 4) is 0 Å². The van der Waals surface area contributed by atoms with Crippen molar-refractivity contribution in [1.82, 2.24) is 5.32 Å². The van der Waals surface area contributed by atoms with Crippen LogP contribution in [-0.2, 0) is 14.9 Å². The van der Waals surface area contributed by atoms with E-state index in [1.165, 1.54) is 12.1 Å². The second kappa shape index (κ2) is 4.84. The first-order valence-corrected chi connectivity index (χ1v) is 5.72. The second-order valence-electron chi connectivity index (χ2n) is 4.34. The average Bonchev–Trinajstić information content (AvgIpc) is 3.11. The van der Waals surface area contributed by atoms with E-state index >= 15 is 0 Å². The van der Waals surface area contributed by atoms with E-state index in [4.69, 9.17) is 4.74 Å². The minimum atomic E-state index is -0.429. The molecule has 3 nitrogen and oxygen atoms in total. The third-order valence-electron chi connectivity index (χ3n) is 3.17. The number of rotatable bonds is 5. The number of methoxy groups -OCH3 is 1. The van der Waals surface area contributed by atoms with Gasteiger partial charge in [-0.2, -0.15) is 0 Å². The van der Waals surface area contributed by atoms with Crippen LogP contribution in [0, 0.1) is 5.82 Å². The molecule has 1 saturated carbocycles. The van der Waals surface area contributed by atoms with E-state index in [1.54, 1.807) is 19.2 Å². The molecule has 0 aliphatic heterocycles. The maximum atomic E-state index is 12.8. The molecule has 0 spiro atoms. The Morgan fingerprint density at radius 3 is 2.59 bits per heavy atom. The minimum Gasteiger partial charge on any atom is -0.383 e. The summed E-state index contributed by atoms with van der Waals surface area (Å²) in [5.74, 6) is -0.259. The standard InChI is InChI=1S/C13H16FNO2/c1-17-9-8-15-12(16)13(6-7-13)10-2-4-11(14)5-3-10/h2-5H,6-9H2,1H3,(H,15,16). The number of halogens is 1. The van der Waals surface area contributed by atoms with Gasteiger partial charge in [-0.15, -0.1) is 0 Å². The molecule has 0 aromatic heterocycles. The highest BCUT2D eigenvalue weighted by Gasteiger charge is 2.50. The van der Waals surface area contributed by atoms with Crippen LogP contribution in [0.4, 0.5) is 4.39 Å². The molecule has 0 radical (unpaired) electrons. The fourth-order valence-electron chi connectivity index (χ4n) is 1.98. The first kappa shape index (κ1) is 12.0. The molecule has 1 aromatic rings. The van der Waals surface area contributed by atoms with Crippen LogP contribution in [0.25, 0.3) is 0 Å². The third kappa shape index (κ3) is 2.47. The molecule has 0 atom stereocenters. The van der Waals surface area contributed by atoms with E-state index in [0.717, 1.165) is 18.4 Å². The van der Waals surface area contributed by atoms with Crippen LogP contribution in [0.1, 0.15) is 18.4 Å². The first-order chi connectivity index (χ1) is 8.19. The van der Waals surface area contributed by atoms with Gasteiger partial charge in [-0.3, -0.25) is 4.79 Å². The molecule has 0 heterocycles. The normalized spacial score (nSPS) is 16.6. The van der Waals surface area contributed by atoms with Crippen molar-refractivity contribution < 1.29 is 13.9 Å². The topological polar surface area (TPSA) is 38.3 Å². The Labute approximate surface area is 100.0 Å². The van der Waals surface area contributed by atoms with E-state index in [0.29, 0.717) is 13.2 Å². The molecule has 0 unspecified atom stereocenters. The number of ether oxygens (including phenoxy) is 1. The van der Waals surface area contributed by atoms with E-state index in [1.807, 2.05) is 0 Å². The SMILES string of the molecule is COCCNC(=O)C1(c2ccc(F)cc2)CC1. The van der Waals surface area contributed by atoms with Crippen LogP contribution in [0.3, 0.4) is 0 Å². The number of hydrogen-bond acceptors (Lipinski definition) is 2. The fraction of sp³-hybridized carbons (Fsp3) is 0.462. The van der Waals surface area contributed by atoms with Gasteiger partial charge in [0.25, 0.3) is 0 Å². The van der Waals surface area contributed by atoms with E-state index < -0.39 is 5.41 Å². The predicted octanol–water partition coefficient (Wildman–Crippen LogP) is 1.62. The smallest absolute Gasteiger partial charge is 0.230 e. The van der Waals surface area contributed by atoms with Gasteiger partial charge < -0.3 is 10.1 Å². The Hall–Kier alpha value is -1.42. The summed E-state index contributed by atoms with van der Waals surface area (Å²) in [6.45, 7) is 1.02. The zero-order valence-electron chi connectivity index (χ0n) is 9.83. The van der Waals surface area contributed by atoms with Crippen LogP contribution in [-0.4, -0.2) is 26.2 Å². The van der Waals surface area contributed by atoms with Crippen molar-refractivity contribution in [1.29, 1.82) is 0 Å². The molecular weight excluding hydrogens is 221 g/mol. The number of benzene rings is 1. The number of nitrogens with one attached hydrogen (secondary N) is 1. The van der Waals surface area contributed by atoms with Gasteiger partial charge in [0.05, 0.1) is 12.0 Å². The summed E-state index contributed by atoms with van der Waals surface area (Å²) in [6.07, 6.45) is 1.66. The Morgan fingerprint density at radius 1 is 1.41 bits per heavy atom. The molecular formula is C13H16FNO2. The zero-order chi connectivity index (χ0) is 12.3. The summed E-state index contributed by atoms with van der Waals surface area (Å²) in [6, 6.07) is 6.19. The Morgan fingerprint density at radius 2 is 2.06 bits per heavy atom. The number of carbonyl (C=O) groups excluding carboxylic acids is 1. The first-order valence-electron chi connectivity index (χ1n) is 5.72. The molecule has 1 aromatic carbocycles. The quantitative estimate of drug-likeness (QED) is 0.790. The summed E-state index contributed by atoms with van der Waals surface area (Å²) in [5, 5.41) is 2.84. The van der Waals surface area contributed by atoms with Gasteiger partial charge >= 0.3 is 0 Å². The minimum absolute atomic E-state index is 0.0150. The van der Waals surface area contributed by atoms with Gasteiger partial charge in [-0.25, -0.2) is 4.39 Å². The Balaban J connectivity index is 2.03. The van der Waals surface area contributed by atoms with Crippen molar-refractivity contribution in [3.63, 3.8) is 0 Å². The van der Waals surface area contributed by atoms with Crippen LogP contribution >= 0.6 is 0 Å². The molecule has 2 rings (SSSR count). The lowest BCUT2D eigenvalue weighted by atomic mass is 9.95. The summed E-state index contributed by atoms with van der Waals surface area (Å²) in [7, 11) is 1.60. The lowest BCUT2D eigenvalue weighted by Crippen LogP contribution is -2.36. The van der Waals surface area contributed by atoms with E-state index in [9.17, 15) is 9.18 Å². The molecule has 17 heavy (non-hydrogen) atoms. The molecule has 0 bridgehead atoms. The summed E-state index contributed by atoms with van der Waals surface area (Å²) in [5.41, 5.74) is 0.468. The van der Waals surface area contributed by atoms with Crippen LogP contribution in [0.5, 0.6) is 0 Å². The largest absolute Gasteiger partial charge is 0.383 e. The molecule has 1 aliphatic carbocycles. The molecule has 1 fully saturated rings. The third-order valence-corrected chi connectivity index (χ3v) is 3.17. The molecule has 92 valence electrons. The fourth-order valence-corrected chi connectivity index (χ4v) is 1.98. The van der Waals surface area contributed by atoms with Gasteiger partial charge in [0, 0.05) is 13.7 Å². The predicted molar refractivity (Wildman–Crippen MR) is 62.2 cm³/mol.